The second-order valence-electron chi connectivity index (χ2n) is 8.32. The van der Waals surface area contributed by atoms with E-state index in [1.807, 2.05) is 0 Å². The summed E-state index contributed by atoms with van der Waals surface area (Å²) in [7, 11) is 0. The molecule has 2 heteroatoms. The summed E-state index contributed by atoms with van der Waals surface area (Å²) in [4.78, 5) is 3.65. The highest BCUT2D eigenvalue weighted by Crippen LogP contribution is 2.36. The minimum absolute atomic E-state index is 1.17. The molecule has 0 atom stereocenters. The van der Waals surface area contributed by atoms with Crippen molar-refractivity contribution in [1.29, 1.82) is 0 Å². The number of nitrogens with one attached hydrogen (secondary N) is 1. The molecule has 0 bridgehead atoms. The Balaban J connectivity index is 1.50. The summed E-state index contributed by atoms with van der Waals surface area (Å²) in [6, 6.07) is 41.3. The minimum atomic E-state index is 1.17. The summed E-state index contributed by atoms with van der Waals surface area (Å²) >= 11 is 0. The number of aromatic nitrogens is 2. The molecule has 0 aliphatic rings. The van der Waals surface area contributed by atoms with Crippen molar-refractivity contribution in [3.63, 3.8) is 0 Å². The summed E-state index contributed by atoms with van der Waals surface area (Å²) in [5.74, 6) is 0. The Morgan fingerprint density at radius 3 is 1.91 bits per heavy atom. The van der Waals surface area contributed by atoms with Crippen LogP contribution in [0.2, 0.25) is 0 Å². The first-order chi connectivity index (χ1) is 15.9. The molecule has 7 aromatic rings. The van der Waals surface area contributed by atoms with E-state index in [0.29, 0.717) is 0 Å². The van der Waals surface area contributed by atoms with Crippen molar-refractivity contribution in [3.8, 4) is 16.8 Å². The molecule has 0 aliphatic carbocycles. The van der Waals surface area contributed by atoms with E-state index >= 15 is 0 Å². The van der Waals surface area contributed by atoms with Crippen LogP contribution >= 0.6 is 0 Å². The van der Waals surface area contributed by atoms with Gasteiger partial charge in [0.15, 0.2) is 0 Å². The number of H-pyrrole nitrogens is 1. The van der Waals surface area contributed by atoms with Crippen LogP contribution in [0.25, 0.3) is 60.4 Å². The van der Waals surface area contributed by atoms with Crippen LogP contribution in [0.5, 0.6) is 0 Å². The highest BCUT2D eigenvalue weighted by atomic mass is 15.0. The fraction of sp³-hybridized carbons (Fsp3) is 0. The van der Waals surface area contributed by atoms with E-state index in [1.165, 1.54) is 60.4 Å². The van der Waals surface area contributed by atoms with Crippen LogP contribution in [0.15, 0.2) is 115 Å². The van der Waals surface area contributed by atoms with Gasteiger partial charge in [0, 0.05) is 38.3 Å². The molecular formula is C30H20N2. The first kappa shape index (κ1) is 17.4. The summed E-state index contributed by atoms with van der Waals surface area (Å²) in [6.07, 6.45) is 0. The van der Waals surface area contributed by atoms with Gasteiger partial charge >= 0.3 is 0 Å². The summed E-state index contributed by atoms with van der Waals surface area (Å²) in [6.45, 7) is 0. The number of rotatable bonds is 2. The third kappa shape index (κ3) is 2.41. The maximum Gasteiger partial charge on any atom is 0.0544 e. The number of fused-ring (bicyclic) bond motifs is 6. The number of nitrogens with zero attached hydrogens (tertiary/aromatic N) is 1. The van der Waals surface area contributed by atoms with Crippen molar-refractivity contribution in [2.75, 3.05) is 0 Å². The van der Waals surface area contributed by atoms with E-state index in [1.54, 1.807) is 0 Å². The number of para-hydroxylation sites is 4. The lowest BCUT2D eigenvalue weighted by atomic mass is 10.0. The fourth-order valence-electron chi connectivity index (χ4n) is 5.13. The number of hydrogen-bond donors (Lipinski definition) is 1. The first-order valence-corrected chi connectivity index (χ1v) is 11.0. The molecule has 0 spiro atoms. The van der Waals surface area contributed by atoms with Gasteiger partial charge in [-0.05, 0) is 35.9 Å². The largest absolute Gasteiger partial charge is 0.354 e. The van der Waals surface area contributed by atoms with Gasteiger partial charge in [0.2, 0.25) is 0 Å². The third-order valence-corrected chi connectivity index (χ3v) is 6.54. The molecule has 32 heavy (non-hydrogen) atoms. The molecule has 0 radical (unpaired) electrons. The van der Waals surface area contributed by atoms with Crippen LogP contribution in [0.3, 0.4) is 0 Å². The molecular weight excluding hydrogens is 388 g/mol. The smallest absolute Gasteiger partial charge is 0.0544 e. The van der Waals surface area contributed by atoms with Crippen LogP contribution in [-0.2, 0) is 0 Å². The number of aromatic amines is 1. The van der Waals surface area contributed by atoms with Gasteiger partial charge in [-0.1, -0.05) is 84.9 Å². The first-order valence-electron chi connectivity index (χ1n) is 11.0. The maximum absolute atomic E-state index is 3.65. The Bertz CT molecular complexity index is 1730. The molecule has 0 amide bonds. The molecule has 0 fully saturated rings. The van der Waals surface area contributed by atoms with Crippen LogP contribution in [0, 0.1) is 0 Å². The molecule has 0 saturated carbocycles. The lowest BCUT2D eigenvalue weighted by Crippen LogP contribution is -1.94. The zero-order chi connectivity index (χ0) is 21.1. The summed E-state index contributed by atoms with van der Waals surface area (Å²) in [5.41, 5.74) is 8.43. The Kier molecular flexibility index (Phi) is 3.58. The number of benzene rings is 5. The highest BCUT2D eigenvalue weighted by molar-refractivity contribution is 6.12. The topological polar surface area (TPSA) is 20.7 Å². The normalized spacial score (nSPS) is 11.8. The van der Waals surface area contributed by atoms with Gasteiger partial charge in [0.1, 0.15) is 0 Å². The number of hydrogen-bond acceptors (Lipinski definition) is 0. The second-order valence-corrected chi connectivity index (χ2v) is 8.32. The van der Waals surface area contributed by atoms with E-state index in [4.69, 9.17) is 0 Å². The molecule has 7 rings (SSSR count). The Hall–Kier alpha value is -4.30. The van der Waals surface area contributed by atoms with Crippen molar-refractivity contribution < 1.29 is 0 Å². The molecule has 0 saturated heterocycles. The molecule has 0 aliphatic heterocycles. The van der Waals surface area contributed by atoms with Crippen molar-refractivity contribution in [1.82, 2.24) is 9.55 Å². The summed E-state index contributed by atoms with van der Waals surface area (Å²) in [5, 5.41) is 5.10. The van der Waals surface area contributed by atoms with E-state index in [2.05, 4.69) is 125 Å². The monoisotopic (exact) mass is 408 g/mol. The molecule has 2 nitrogen and oxygen atoms in total. The van der Waals surface area contributed by atoms with Gasteiger partial charge < -0.3 is 9.55 Å². The average molecular weight is 409 g/mol. The molecule has 150 valence electrons. The van der Waals surface area contributed by atoms with Gasteiger partial charge in [-0.25, -0.2) is 0 Å². The maximum atomic E-state index is 3.65. The zero-order valence-corrected chi connectivity index (χ0v) is 17.4. The average Bonchev–Trinajstić information content (AvgIpc) is 3.40. The van der Waals surface area contributed by atoms with Crippen LogP contribution in [0.1, 0.15) is 0 Å². The SMILES string of the molecule is c1cc(-c2cccc3c2[nH]c2ccccc23)cc(-n2c3ccccc3c3ccccc32)c1. The zero-order valence-electron chi connectivity index (χ0n) is 17.4. The highest BCUT2D eigenvalue weighted by Gasteiger charge is 2.13. The molecule has 5 aromatic carbocycles. The lowest BCUT2D eigenvalue weighted by molar-refractivity contribution is 1.18. The minimum Gasteiger partial charge on any atom is -0.354 e. The van der Waals surface area contributed by atoms with E-state index < -0.39 is 0 Å². The Labute approximate surface area is 185 Å². The van der Waals surface area contributed by atoms with Gasteiger partial charge in [0.25, 0.3) is 0 Å². The quantitative estimate of drug-likeness (QED) is 0.298. The van der Waals surface area contributed by atoms with E-state index in [9.17, 15) is 0 Å². The predicted molar refractivity (Wildman–Crippen MR) is 136 cm³/mol. The summed E-state index contributed by atoms with van der Waals surface area (Å²) < 4.78 is 2.37. The Morgan fingerprint density at radius 2 is 1.12 bits per heavy atom. The molecule has 2 heterocycles. The molecule has 0 unspecified atom stereocenters. The van der Waals surface area contributed by atoms with Gasteiger partial charge in [-0.2, -0.15) is 0 Å². The van der Waals surface area contributed by atoms with Crippen LogP contribution in [0.4, 0.5) is 0 Å². The van der Waals surface area contributed by atoms with E-state index in [0.717, 1.165) is 0 Å². The van der Waals surface area contributed by atoms with Gasteiger partial charge in [-0.15, -0.1) is 0 Å². The Morgan fingerprint density at radius 1 is 0.500 bits per heavy atom. The fourth-order valence-corrected chi connectivity index (χ4v) is 5.13. The van der Waals surface area contributed by atoms with Crippen molar-refractivity contribution in [2.24, 2.45) is 0 Å². The van der Waals surface area contributed by atoms with Crippen molar-refractivity contribution >= 4 is 43.6 Å². The molecule has 1 N–H and O–H groups in total. The third-order valence-electron chi connectivity index (χ3n) is 6.54. The lowest BCUT2D eigenvalue weighted by Gasteiger charge is -2.11. The van der Waals surface area contributed by atoms with E-state index in [-0.39, 0.29) is 0 Å². The standard InChI is InChI=1S/C30H20N2/c1-4-16-27-23(11-1)26-15-8-14-22(30(26)31-27)20-9-7-10-21(19-20)32-28-17-5-2-12-24(28)25-13-3-6-18-29(25)32/h1-19,31H. The molecule has 2 aromatic heterocycles. The van der Waals surface area contributed by atoms with Crippen molar-refractivity contribution in [3.05, 3.63) is 115 Å². The van der Waals surface area contributed by atoms with Gasteiger partial charge in [0.05, 0.1) is 16.6 Å². The van der Waals surface area contributed by atoms with Gasteiger partial charge in [-0.3, -0.25) is 0 Å². The van der Waals surface area contributed by atoms with Crippen LogP contribution in [-0.4, -0.2) is 9.55 Å². The predicted octanol–water partition coefficient (Wildman–Crippen LogP) is 8.09. The van der Waals surface area contributed by atoms with Crippen LogP contribution < -0.4 is 0 Å². The second kappa shape index (κ2) is 6.60. The van der Waals surface area contributed by atoms with Crippen molar-refractivity contribution in [2.45, 2.75) is 0 Å².